The summed E-state index contributed by atoms with van der Waals surface area (Å²) < 4.78 is 28.4. The van der Waals surface area contributed by atoms with Gasteiger partial charge in [0.15, 0.2) is 0 Å². The molecule has 1 amide bonds. The summed E-state index contributed by atoms with van der Waals surface area (Å²) in [5, 5.41) is 6.14. The molecule has 1 atom stereocenters. The monoisotopic (exact) mass is 433 g/mol. The minimum atomic E-state index is -3.75. The largest absolute Gasteiger partial charge is 0.279 e. The van der Waals surface area contributed by atoms with Crippen molar-refractivity contribution in [3.8, 4) is 0 Å². The molecule has 158 valence electrons. The molecule has 0 radical (unpaired) electrons. The van der Waals surface area contributed by atoms with Gasteiger partial charge in [0.25, 0.3) is 10.0 Å². The fraction of sp³-hybridized carbons (Fsp3) is 0.167. The fourth-order valence-electron chi connectivity index (χ4n) is 3.63. The van der Waals surface area contributed by atoms with Crippen LogP contribution in [0.3, 0.4) is 0 Å². The molecule has 1 N–H and O–H groups in total. The molecule has 0 spiro atoms. The van der Waals surface area contributed by atoms with Crippen molar-refractivity contribution in [2.45, 2.75) is 30.7 Å². The summed E-state index contributed by atoms with van der Waals surface area (Å²) in [5.74, 6) is -0.0776. The van der Waals surface area contributed by atoms with Gasteiger partial charge in [-0.25, -0.2) is 13.4 Å². The number of anilines is 1. The number of sulfonamides is 1. The first-order valence-corrected chi connectivity index (χ1v) is 11.6. The summed E-state index contributed by atoms with van der Waals surface area (Å²) in [5.41, 5.74) is 2.75. The van der Waals surface area contributed by atoms with E-state index in [-0.39, 0.29) is 16.8 Å². The molecule has 6 nitrogen and oxygen atoms in total. The summed E-state index contributed by atoms with van der Waals surface area (Å²) in [7, 11) is -3.75. The highest BCUT2D eigenvalue weighted by Gasteiger charge is 2.33. The van der Waals surface area contributed by atoms with Gasteiger partial charge in [-0.3, -0.25) is 9.52 Å². The first-order valence-electron chi connectivity index (χ1n) is 10.1. The lowest BCUT2D eigenvalue weighted by atomic mass is 9.97. The summed E-state index contributed by atoms with van der Waals surface area (Å²) in [6, 6.07) is 24.9. The van der Waals surface area contributed by atoms with Crippen LogP contribution in [0.15, 0.2) is 94.9 Å². The van der Waals surface area contributed by atoms with E-state index in [2.05, 4.69) is 9.82 Å². The third kappa shape index (κ3) is 4.36. The van der Waals surface area contributed by atoms with Crippen LogP contribution in [0.25, 0.3) is 0 Å². The quantitative estimate of drug-likeness (QED) is 0.618. The number of hydrogen-bond donors (Lipinski definition) is 1. The second-order valence-corrected chi connectivity index (χ2v) is 8.92. The van der Waals surface area contributed by atoms with Crippen molar-refractivity contribution < 1.29 is 13.2 Å². The molecule has 1 aliphatic rings. The molecule has 1 heterocycles. The number of para-hydroxylation sites is 1. The van der Waals surface area contributed by atoms with E-state index in [1.807, 2.05) is 42.5 Å². The van der Waals surface area contributed by atoms with Crippen molar-refractivity contribution in [1.29, 1.82) is 0 Å². The number of benzene rings is 3. The molecular formula is C24H23N3O3S. The van der Waals surface area contributed by atoms with Crippen molar-refractivity contribution in [1.82, 2.24) is 5.01 Å². The predicted octanol–water partition coefficient (Wildman–Crippen LogP) is 4.58. The summed E-state index contributed by atoms with van der Waals surface area (Å²) in [6.07, 6.45) is 0.836. The number of hydrogen-bond acceptors (Lipinski definition) is 4. The molecule has 31 heavy (non-hydrogen) atoms. The molecule has 0 saturated carbocycles. The zero-order valence-corrected chi connectivity index (χ0v) is 17.9. The Morgan fingerprint density at radius 3 is 2.26 bits per heavy atom. The first-order chi connectivity index (χ1) is 15.0. The van der Waals surface area contributed by atoms with Crippen LogP contribution >= 0.6 is 0 Å². The second-order valence-electron chi connectivity index (χ2n) is 7.23. The number of carbonyl (C=O) groups excluding carboxylic acids is 1. The van der Waals surface area contributed by atoms with Crippen LogP contribution in [-0.4, -0.2) is 25.0 Å². The minimum Gasteiger partial charge on any atom is -0.279 e. The Balaban J connectivity index is 1.69. The highest BCUT2D eigenvalue weighted by Crippen LogP contribution is 2.35. The van der Waals surface area contributed by atoms with Crippen molar-refractivity contribution in [3.05, 3.63) is 96.1 Å². The van der Waals surface area contributed by atoms with E-state index in [0.29, 0.717) is 29.8 Å². The van der Waals surface area contributed by atoms with Gasteiger partial charge in [0, 0.05) is 18.4 Å². The standard InChI is InChI=1S/C24H23N3O3S/c1-2-24(28)27-23(18-11-5-3-6-12-18)17-22(25-27)20-15-9-10-16-21(20)26-31(29,30)19-13-7-4-8-14-19/h3-16,23,26H,2,17H2,1H3/t23-/m1/s1. The van der Waals surface area contributed by atoms with Crippen molar-refractivity contribution >= 4 is 27.3 Å². The van der Waals surface area contributed by atoms with Gasteiger partial charge in [-0.05, 0) is 23.8 Å². The molecule has 4 rings (SSSR count). The SMILES string of the molecule is CCC(=O)N1N=C(c2ccccc2NS(=O)(=O)c2ccccc2)C[C@@H]1c1ccccc1. The van der Waals surface area contributed by atoms with E-state index in [0.717, 1.165) is 5.56 Å². The normalized spacial score (nSPS) is 16.1. The number of hydrazone groups is 1. The van der Waals surface area contributed by atoms with Crippen LogP contribution in [0.4, 0.5) is 5.69 Å². The van der Waals surface area contributed by atoms with Crippen LogP contribution in [0.1, 0.15) is 36.9 Å². The Morgan fingerprint density at radius 2 is 1.58 bits per heavy atom. The molecule has 0 fully saturated rings. The Bertz CT molecular complexity index is 1210. The van der Waals surface area contributed by atoms with Gasteiger partial charge >= 0.3 is 0 Å². The Hall–Kier alpha value is -3.45. The van der Waals surface area contributed by atoms with E-state index >= 15 is 0 Å². The Labute approximate surface area is 182 Å². The maximum Gasteiger partial charge on any atom is 0.261 e. The molecule has 1 aliphatic heterocycles. The lowest BCUT2D eigenvalue weighted by Gasteiger charge is -2.21. The maximum absolute atomic E-state index is 12.9. The number of nitrogens with one attached hydrogen (secondary N) is 1. The number of carbonyl (C=O) groups is 1. The van der Waals surface area contributed by atoms with Gasteiger partial charge in [-0.1, -0.05) is 73.7 Å². The molecule has 0 unspecified atom stereocenters. The second kappa shape index (κ2) is 8.73. The number of amides is 1. The van der Waals surface area contributed by atoms with Gasteiger partial charge in [0.1, 0.15) is 0 Å². The summed E-state index contributed by atoms with van der Waals surface area (Å²) in [6.45, 7) is 1.81. The maximum atomic E-state index is 12.9. The summed E-state index contributed by atoms with van der Waals surface area (Å²) in [4.78, 5) is 12.8. The molecule has 7 heteroatoms. The zero-order valence-electron chi connectivity index (χ0n) is 17.1. The highest BCUT2D eigenvalue weighted by molar-refractivity contribution is 7.92. The summed E-state index contributed by atoms with van der Waals surface area (Å²) >= 11 is 0. The third-order valence-corrected chi connectivity index (χ3v) is 6.57. The minimum absolute atomic E-state index is 0.0776. The van der Waals surface area contributed by atoms with Crippen LogP contribution in [-0.2, 0) is 14.8 Å². The van der Waals surface area contributed by atoms with Crippen LogP contribution in [0, 0.1) is 0 Å². The van der Waals surface area contributed by atoms with Gasteiger partial charge < -0.3 is 0 Å². The molecule has 3 aromatic rings. The van der Waals surface area contributed by atoms with Gasteiger partial charge in [0.2, 0.25) is 5.91 Å². The zero-order chi connectivity index (χ0) is 21.8. The van der Waals surface area contributed by atoms with Gasteiger partial charge in [-0.2, -0.15) is 5.10 Å². The van der Waals surface area contributed by atoms with Crippen LogP contribution < -0.4 is 4.72 Å². The molecule has 3 aromatic carbocycles. The number of rotatable bonds is 6. The molecule has 0 saturated heterocycles. The third-order valence-electron chi connectivity index (χ3n) is 5.19. The average molecular weight is 434 g/mol. The van der Waals surface area contributed by atoms with Crippen LogP contribution in [0.5, 0.6) is 0 Å². The van der Waals surface area contributed by atoms with Crippen LogP contribution in [0.2, 0.25) is 0 Å². The van der Waals surface area contributed by atoms with E-state index < -0.39 is 10.0 Å². The molecule has 0 bridgehead atoms. The lowest BCUT2D eigenvalue weighted by molar-refractivity contribution is -0.132. The topological polar surface area (TPSA) is 78.8 Å². The first kappa shape index (κ1) is 20.8. The Kier molecular flexibility index (Phi) is 5.86. The fourth-order valence-corrected chi connectivity index (χ4v) is 4.73. The Morgan fingerprint density at radius 1 is 0.968 bits per heavy atom. The van der Waals surface area contributed by atoms with Crippen molar-refractivity contribution in [3.63, 3.8) is 0 Å². The van der Waals surface area contributed by atoms with E-state index in [1.54, 1.807) is 49.4 Å². The number of nitrogens with zero attached hydrogens (tertiary/aromatic N) is 2. The lowest BCUT2D eigenvalue weighted by Crippen LogP contribution is -2.26. The van der Waals surface area contributed by atoms with Gasteiger partial charge in [-0.15, -0.1) is 0 Å². The molecule has 0 aliphatic carbocycles. The predicted molar refractivity (Wildman–Crippen MR) is 121 cm³/mol. The van der Waals surface area contributed by atoms with Gasteiger partial charge in [0.05, 0.1) is 22.3 Å². The smallest absolute Gasteiger partial charge is 0.261 e. The average Bonchev–Trinajstić information content (AvgIpc) is 3.25. The highest BCUT2D eigenvalue weighted by atomic mass is 32.2. The molecular weight excluding hydrogens is 410 g/mol. The van der Waals surface area contributed by atoms with E-state index in [4.69, 9.17) is 0 Å². The van der Waals surface area contributed by atoms with E-state index in [1.165, 1.54) is 5.01 Å². The molecule has 0 aromatic heterocycles. The van der Waals surface area contributed by atoms with Crippen molar-refractivity contribution in [2.75, 3.05) is 4.72 Å². The van der Waals surface area contributed by atoms with Crippen molar-refractivity contribution in [2.24, 2.45) is 5.10 Å². The van der Waals surface area contributed by atoms with E-state index in [9.17, 15) is 13.2 Å².